The minimum atomic E-state index is -0.243. The summed E-state index contributed by atoms with van der Waals surface area (Å²) in [5.41, 5.74) is 11.3. The summed E-state index contributed by atoms with van der Waals surface area (Å²) in [7, 11) is 4.09. The molecule has 4 aromatic carbocycles. The number of ketones is 2. The number of aryl methyl sites for hydroxylation is 1. The van der Waals surface area contributed by atoms with E-state index in [-0.39, 0.29) is 103 Å². The van der Waals surface area contributed by atoms with Crippen LogP contribution in [0.25, 0.3) is 33.1 Å². The first kappa shape index (κ1) is 49.5. The van der Waals surface area contributed by atoms with Crippen LogP contribution in [0.5, 0.6) is 0 Å². The van der Waals surface area contributed by atoms with Gasteiger partial charge >= 0.3 is 29.6 Å². The fourth-order valence-electron chi connectivity index (χ4n) is 8.99. The Kier molecular flexibility index (Phi) is 16.9. The Labute approximate surface area is 399 Å². The van der Waals surface area contributed by atoms with E-state index in [0.29, 0.717) is 0 Å². The van der Waals surface area contributed by atoms with Gasteiger partial charge in [-0.2, -0.15) is 0 Å². The molecule has 3 atom stereocenters. The van der Waals surface area contributed by atoms with Crippen LogP contribution in [-0.4, -0.2) is 47.6 Å². The van der Waals surface area contributed by atoms with Gasteiger partial charge in [0, 0.05) is 74.6 Å². The minimum Gasteiger partial charge on any atom is -1.00 e. The number of hydrogen-bond acceptors (Lipinski definition) is 3. The maximum absolute atomic E-state index is 13.4. The van der Waals surface area contributed by atoms with Crippen LogP contribution >= 0.6 is 0 Å². The molecule has 8 rings (SSSR count). The average molecular weight is 943 g/mol. The van der Waals surface area contributed by atoms with E-state index in [4.69, 9.17) is 0 Å². The number of pyridine rings is 1. The standard InChI is InChI=1S/C25H27FN2O.C25H24FN2O.BH4.HI.Na/c2*1-16(28-17(2)25(18(3)29)22-7-5-6-8-23(22)28)20-13-14-27(4)24(15-20)19-9-11-21(26)12-10-19;;;/h5-13,16,24H,14-15H2,1-4H3;5-16H,1-4H3;1H4;1H;/q;+1;-1;;+1/p-1. The van der Waals surface area contributed by atoms with Crippen LogP contribution in [0.15, 0.2) is 127 Å². The van der Waals surface area contributed by atoms with Gasteiger partial charge in [-0.25, -0.2) is 13.3 Å². The summed E-state index contributed by atoms with van der Waals surface area (Å²) in [4.78, 5) is 26.9. The molecule has 7 aromatic rings. The number of fused-ring (bicyclic) bond motifs is 2. The van der Waals surface area contributed by atoms with Crippen LogP contribution in [0.4, 0.5) is 8.78 Å². The van der Waals surface area contributed by atoms with Crippen LogP contribution in [0.2, 0.25) is 0 Å². The van der Waals surface area contributed by atoms with Gasteiger partial charge in [0.25, 0.3) is 0 Å². The number of carbonyl (C=O) groups is 2. The summed E-state index contributed by atoms with van der Waals surface area (Å²) in [5, 5.41) is 2.01. The number of carbonyl (C=O) groups excluding carboxylic acids is 2. The van der Waals surface area contributed by atoms with Crippen molar-refractivity contribution in [1.29, 1.82) is 0 Å². The zero-order chi connectivity index (χ0) is 41.4. The topological polar surface area (TPSA) is 51.1 Å². The van der Waals surface area contributed by atoms with E-state index >= 15 is 0 Å². The Morgan fingerprint density at radius 2 is 1.20 bits per heavy atom. The molecule has 0 N–H and O–H groups in total. The van der Waals surface area contributed by atoms with Crippen molar-refractivity contribution in [2.45, 2.75) is 66.1 Å². The van der Waals surface area contributed by atoms with Crippen molar-refractivity contribution >= 4 is 41.8 Å². The Morgan fingerprint density at radius 1 is 0.721 bits per heavy atom. The Bertz CT molecular complexity index is 2710. The summed E-state index contributed by atoms with van der Waals surface area (Å²) in [5.74, 6) is -0.267. The van der Waals surface area contributed by atoms with Crippen molar-refractivity contribution in [3.05, 3.63) is 172 Å². The van der Waals surface area contributed by atoms with E-state index in [1.807, 2.05) is 80.2 Å². The number of benzene rings is 4. The van der Waals surface area contributed by atoms with Gasteiger partial charge < -0.3 is 33.1 Å². The molecule has 11 heteroatoms. The van der Waals surface area contributed by atoms with Gasteiger partial charge in [0.05, 0.1) is 12.1 Å². The third-order valence-electron chi connectivity index (χ3n) is 12.0. The maximum atomic E-state index is 13.4. The largest absolute Gasteiger partial charge is 1.00 e. The fourth-order valence-corrected chi connectivity index (χ4v) is 8.99. The molecule has 1 aliphatic rings. The van der Waals surface area contributed by atoms with Gasteiger partial charge in [-0.05, 0) is 120 Å². The molecule has 0 bridgehead atoms. The molecule has 0 amide bonds. The molecule has 0 saturated carbocycles. The van der Waals surface area contributed by atoms with E-state index in [1.54, 1.807) is 26.0 Å². The van der Waals surface area contributed by atoms with Crippen LogP contribution in [0.3, 0.4) is 0 Å². The van der Waals surface area contributed by atoms with Gasteiger partial charge in [0.15, 0.2) is 17.8 Å². The Hall–Kier alpha value is -4.20. The zero-order valence-electron chi connectivity index (χ0n) is 35.9. The summed E-state index contributed by atoms with van der Waals surface area (Å²) in [6, 6.07) is 34.2. The molecule has 0 spiro atoms. The summed E-state index contributed by atoms with van der Waals surface area (Å²) < 4.78 is 33.3. The Balaban J connectivity index is 0.000000256. The summed E-state index contributed by atoms with van der Waals surface area (Å²) in [6.07, 6.45) is 5.20. The van der Waals surface area contributed by atoms with Crippen molar-refractivity contribution in [2.24, 2.45) is 7.05 Å². The van der Waals surface area contributed by atoms with Crippen LogP contribution in [-0.2, 0) is 7.05 Å². The third kappa shape index (κ3) is 9.89. The van der Waals surface area contributed by atoms with Gasteiger partial charge in [0.1, 0.15) is 18.7 Å². The number of hydrogen-bond donors (Lipinski definition) is 0. The van der Waals surface area contributed by atoms with Crippen molar-refractivity contribution in [2.75, 3.05) is 13.6 Å². The predicted octanol–water partition coefficient (Wildman–Crippen LogP) is 3.80. The first-order valence-electron chi connectivity index (χ1n) is 19.9. The summed E-state index contributed by atoms with van der Waals surface area (Å²) >= 11 is 0. The SMILES string of the molecule is CC(=O)c1c(C)n(C(C)C2=CCN(C)C(c3ccc(F)cc3)C2)c2ccccc12.CC(=O)c1c(C)n(C(C)c2cc[n+](C)c(-c3ccc(F)cc3)c2)c2ccccc12.[BH4-].[I-].[Na+]. The minimum absolute atomic E-state index is 0. The first-order valence-corrected chi connectivity index (χ1v) is 19.9. The molecule has 3 aromatic heterocycles. The Morgan fingerprint density at radius 3 is 1.70 bits per heavy atom. The van der Waals surface area contributed by atoms with Crippen LogP contribution in [0, 0.1) is 25.5 Å². The summed E-state index contributed by atoms with van der Waals surface area (Å²) in [6.45, 7) is 12.5. The molecular formula is C50H55BF2IN4NaO2. The van der Waals surface area contributed by atoms with E-state index in [0.717, 1.165) is 79.7 Å². The number of Topliss-reactive ketones (excluding diaryl/α,β-unsaturated/α-hetero) is 2. The van der Waals surface area contributed by atoms with Gasteiger partial charge in [-0.15, -0.1) is 0 Å². The van der Waals surface area contributed by atoms with Gasteiger partial charge in [0.2, 0.25) is 5.69 Å². The quantitative estimate of drug-likeness (QED) is 0.0768. The molecule has 0 aliphatic carbocycles. The molecule has 0 radical (unpaired) electrons. The monoisotopic (exact) mass is 942 g/mol. The second-order valence-corrected chi connectivity index (χ2v) is 15.6. The van der Waals surface area contributed by atoms with Gasteiger partial charge in [-0.3, -0.25) is 14.5 Å². The second kappa shape index (κ2) is 20.8. The predicted molar refractivity (Wildman–Crippen MR) is 241 cm³/mol. The molecule has 1 aliphatic heterocycles. The van der Waals surface area contributed by atoms with Gasteiger partial charge in [-0.1, -0.05) is 63.0 Å². The molecule has 312 valence electrons. The number of likely N-dealkylation sites (N-methyl/N-ethyl adjacent to an activating group) is 1. The molecule has 6 nitrogen and oxygen atoms in total. The average Bonchev–Trinajstić information content (AvgIpc) is 3.68. The second-order valence-electron chi connectivity index (χ2n) is 15.6. The first-order chi connectivity index (χ1) is 27.8. The number of halogens is 3. The molecule has 0 saturated heterocycles. The van der Waals surface area contributed by atoms with E-state index in [9.17, 15) is 18.4 Å². The van der Waals surface area contributed by atoms with Crippen molar-refractivity contribution in [3.8, 4) is 11.3 Å². The number of rotatable bonds is 8. The fraction of sp³-hybridized carbons (Fsp3) is 0.260. The smallest absolute Gasteiger partial charge is 1.00 e. The number of aromatic nitrogens is 3. The van der Waals surface area contributed by atoms with E-state index in [2.05, 4.69) is 65.3 Å². The molecule has 3 unspecified atom stereocenters. The van der Waals surface area contributed by atoms with Crippen molar-refractivity contribution < 1.29 is 76.5 Å². The molecular weight excluding hydrogens is 887 g/mol. The van der Waals surface area contributed by atoms with Crippen LogP contribution < -0.4 is 58.1 Å². The normalized spacial score (nSPS) is 14.7. The van der Waals surface area contributed by atoms with Crippen LogP contribution in [0.1, 0.15) is 95.5 Å². The van der Waals surface area contributed by atoms with Crippen molar-refractivity contribution in [1.82, 2.24) is 14.0 Å². The van der Waals surface area contributed by atoms with Crippen molar-refractivity contribution in [3.63, 3.8) is 0 Å². The number of nitrogens with zero attached hydrogens (tertiary/aromatic N) is 4. The number of para-hydroxylation sites is 2. The third-order valence-corrected chi connectivity index (χ3v) is 12.0. The van der Waals surface area contributed by atoms with E-state index < -0.39 is 0 Å². The maximum Gasteiger partial charge on any atom is 1.00 e. The molecule has 0 fully saturated rings. The molecule has 4 heterocycles. The van der Waals surface area contributed by atoms with E-state index in [1.165, 1.54) is 29.8 Å². The zero-order valence-corrected chi connectivity index (χ0v) is 40.1. The molecule has 61 heavy (non-hydrogen) atoms.